The van der Waals surface area contributed by atoms with Crippen LogP contribution in [0.1, 0.15) is 26.5 Å². The molecule has 0 bridgehead atoms. The molecule has 2 N–H and O–H groups in total. The Bertz CT molecular complexity index is 719. The number of hydrogen-bond donors (Lipinski definition) is 2. The first-order valence-corrected chi connectivity index (χ1v) is 7.38. The monoisotopic (exact) mass is 298 g/mol. The Hall–Kier alpha value is -1.96. The molecule has 2 heterocycles. The summed E-state index contributed by atoms with van der Waals surface area (Å²) in [5.74, 6) is -0.813. The molecule has 0 unspecified atom stereocenters. The van der Waals surface area contributed by atoms with Crippen LogP contribution in [0.15, 0.2) is 29.4 Å². The van der Waals surface area contributed by atoms with Crippen LogP contribution in [0, 0.1) is 5.82 Å². The number of sulfonamides is 1. The standard InChI is InChI=1S/C12H15FN4O2S/c1-12(2,3)9-7-10(16-15-9)17-20(18,19)11-8(13)5-4-6-14-11/h4-7H,1-3H3,(H2,15,16,17). The number of aromatic amines is 1. The number of H-pyrrole nitrogens is 1. The molecule has 6 nitrogen and oxygen atoms in total. The van der Waals surface area contributed by atoms with Gasteiger partial charge in [0.2, 0.25) is 5.03 Å². The second kappa shape index (κ2) is 4.86. The maximum Gasteiger partial charge on any atom is 0.283 e. The fraction of sp³-hybridized carbons (Fsp3) is 0.333. The van der Waals surface area contributed by atoms with E-state index in [0.29, 0.717) is 0 Å². The number of halogens is 1. The highest BCUT2D eigenvalue weighted by atomic mass is 32.2. The van der Waals surface area contributed by atoms with Crippen LogP contribution < -0.4 is 4.72 Å². The molecule has 0 atom stereocenters. The Morgan fingerprint density at radius 2 is 2.05 bits per heavy atom. The summed E-state index contributed by atoms with van der Waals surface area (Å²) in [7, 11) is -4.09. The van der Waals surface area contributed by atoms with Gasteiger partial charge in [-0.1, -0.05) is 20.8 Å². The van der Waals surface area contributed by atoms with E-state index in [-0.39, 0.29) is 11.2 Å². The molecule has 0 aliphatic heterocycles. The summed E-state index contributed by atoms with van der Waals surface area (Å²) in [5.41, 5.74) is 0.559. The summed E-state index contributed by atoms with van der Waals surface area (Å²) < 4.78 is 39.7. The summed E-state index contributed by atoms with van der Waals surface area (Å²) in [6.07, 6.45) is 1.21. The topological polar surface area (TPSA) is 87.7 Å². The fourth-order valence-electron chi connectivity index (χ4n) is 1.51. The summed E-state index contributed by atoms with van der Waals surface area (Å²) in [6.45, 7) is 5.87. The van der Waals surface area contributed by atoms with Crippen molar-refractivity contribution in [3.05, 3.63) is 35.9 Å². The quantitative estimate of drug-likeness (QED) is 0.907. The minimum Gasteiger partial charge on any atom is -0.280 e. The molecule has 2 aromatic heterocycles. The van der Waals surface area contributed by atoms with Gasteiger partial charge in [0.05, 0.1) is 0 Å². The summed E-state index contributed by atoms with van der Waals surface area (Å²) in [6, 6.07) is 3.92. The largest absolute Gasteiger partial charge is 0.283 e. The van der Waals surface area contributed by atoms with Crippen molar-refractivity contribution in [3.63, 3.8) is 0 Å². The maximum absolute atomic E-state index is 13.5. The molecule has 0 aromatic carbocycles. The third-order valence-electron chi connectivity index (χ3n) is 2.60. The van der Waals surface area contributed by atoms with E-state index in [9.17, 15) is 12.8 Å². The van der Waals surface area contributed by atoms with Crippen molar-refractivity contribution in [2.45, 2.75) is 31.2 Å². The van der Waals surface area contributed by atoms with Crippen molar-refractivity contribution in [2.24, 2.45) is 0 Å². The number of nitrogens with zero attached hydrogens (tertiary/aromatic N) is 2. The molecule has 0 aliphatic rings. The Balaban J connectivity index is 2.30. The van der Waals surface area contributed by atoms with Gasteiger partial charge in [-0.25, -0.2) is 9.37 Å². The minimum atomic E-state index is -4.09. The lowest BCUT2D eigenvalue weighted by atomic mass is 9.92. The Morgan fingerprint density at radius 3 is 2.60 bits per heavy atom. The predicted molar refractivity (Wildman–Crippen MR) is 72.3 cm³/mol. The van der Waals surface area contributed by atoms with Gasteiger partial charge in [0.25, 0.3) is 10.0 Å². The van der Waals surface area contributed by atoms with E-state index in [1.54, 1.807) is 6.07 Å². The molecule has 20 heavy (non-hydrogen) atoms. The van der Waals surface area contributed by atoms with E-state index in [4.69, 9.17) is 0 Å². The van der Waals surface area contributed by atoms with Gasteiger partial charge in [0.15, 0.2) is 11.6 Å². The van der Waals surface area contributed by atoms with Gasteiger partial charge in [0.1, 0.15) is 0 Å². The second-order valence-electron chi connectivity index (χ2n) is 5.31. The lowest BCUT2D eigenvalue weighted by Crippen LogP contribution is -2.16. The normalized spacial score (nSPS) is 12.4. The van der Waals surface area contributed by atoms with Crippen molar-refractivity contribution < 1.29 is 12.8 Å². The fourth-order valence-corrected chi connectivity index (χ4v) is 2.51. The van der Waals surface area contributed by atoms with Gasteiger partial charge in [-0.05, 0) is 12.1 Å². The molecule has 0 saturated heterocycles. The number of pyridine rings is 1. The highest BCUT2D eigenvalue weighted by Crippen LogP contribution is 2.23. The first kappa shape index (κ1) is 14.4. The van der Waals surface area contributed by atoms with Crippen LogP contribution >= 0.6 is 0 Å². The van der Waals surface area contributed by atoms with Crippen LogP contribution in [0.3, 0.4) is 0 Å². The molecular weight excluding hydrogens is 283 g/mol. The van der Waals surface area contributed by atoms with Crippen LogP contribution in [0.25, 0.3) is 0 Å². The first-order chi connectivity index (χ1) is 9.20. The molecule has 8 heteroatoms. The molecule has 0 spiro atoms. The van der Waals surface area contributed by atoms with Crippen LogP contribution in [0.2, 0.25) is 0 Å². The number of nitrogens with one attached hydrogen (secondary N) is 2. The number of hydrogen-bond acceptors (Lipinski definition) is 4. The minimum absolute atomic E-state index is 0.0972. The SMILES string of the molecule is CC(C)(C)c1cc(NS(=O)(=O)c2ncccc2F)n[nH]1. The van der Waals surface area contributed by atoms with Crippen molar-refractivity contribution in [1.82, 2.24) is 15.2 Å². The predicted octanol–water partition coefficient (Wildman–Crippen LogP) is 2.04. The van der Waals surface area contributed by atoms with Crippen molar-refractivity contribution >= 4 is 15.8 Å². The first-order valence-electron chi connectivity index (χ1n) is 5.89. The van der Waals surface area contributed by atoms with E-state index >= 15 is 0 Å². The van der Waals surface area contributed by atoms with Crippen molar-refractivity contribution in [3.8, 4) is 0 Å². The maximum atomic E-state index is 13.5. The highest BCUT2D eigenvalue weighted by molar-refractivity contribution is 7.92. The lowest BCUT2D eigenvalue weighted by Gasteiger charge is -2.14. The van der Waals surface area contributed by atoms with Crippen LogP contribution in [0.5, 0.6) is 0 Å². The Morgan fingerprint density at radius 1 is 1.35 bits per heavy atom. The van der Waals surface area contributed by atoms with E-state index in [1.807, 2.05) is 20.8 Å². The number of aromatic nitrogens is 3. The zero-order valence-electron chi connectivity index (χ0n) is 11.3. The third kappa shape index (κ3) is 2.96. The van der Waals surface area contributed by atoms with Gasteiger partial charge in [0, 0.05) is 23.4 Å². The van der Waals surface area contributed by atoms with Crippen LogP contribution in [-0.2, 0) is 15.4 Å². The highest BCUT2D eigenvalue weighted by Gasteiger charge is 2.23. The van der Waals surface area contributed by atoms with E-state index < -0.39 is 20.9 Å². The smallest absolute Gasteiger partial charge is 0.280 e. The molecule has 2 rings (SSSR count). The summed E-state index contributed by atoms with van der Waals surface area (Å²) >= 11 is 0. The Labute approximate surface area is 116 Å². The average molecular weight is 298 g/mol. The number of anilines is 1. The molecule has 0 saturated carbocycles. The lowest BCUT2D eigenvalue weighted by molar-refractivity contribution is 0.556. The molecular formula is C12H15FN4O2S. The van der Waals surface area contributed by atoms with Gasteiger partial charge < -0.3 is 0 Å². The summed E-state index contributed by atoms with van der Waals surface area (Å²) in [5, 5.41) is 5.95. The number of rotatable bonds is 3. The van der Waals surface area contributed by atoms with E-state index in [1.165, 1.54) is 12.3 Å². The molecule has 0 radical (unpaired) electrons. The molecule has 2 aromatic rings. The van der Waals surface area contributed by atoms with Gasteiger partial charge >= 0.3 is 0 Å². The van der Waals surface area contributed by atoms with E-state index in [2.05, 4.69) is 19.9 Å². The average Bonchev–Trinajstić information content (AvgIpc) is 2.76. The van der Waals surface area contributed by atoms with Crippen LogP contribution in [-0.4, -0.2) is 23.6 Å². The molecule has 108 valence electrons. The second-order valence-corrected chi connectivity index (χ2v) is 6.91. The molecule has 0 amide bonds. The van der Waals surface area contributed by atoms with E-state index in [0.717, 1.165) is 11.8 Å². The third-order valence-corrected chi connectivity index (χ3v) is 3.89. The van der Waals surface area contributed by atoms with Crippen molar-refractivity contribution in [1.29, 1.82) is 0 Å². The zero-order chi connectivity index (χ0) is 15.0. The molecule has 0 aliphatic carbocycles. The van der Waals surface area contributed by atoms with Gasteiger partial charge in [-0.3, -0.25) is 9.82 Å². The Kier molecular flexibility index (Phi) is 3.51. The summed E-state index contributed by atoms with van der Waals surface area (Å²) in [4.78, 5) is 3.54. The molecule has 0 fully saturated rings. The van der Waals surface area contributed by atoms with Gasteiger partial charge in [-0.2, -0.15) is 13.5 Å². The van der Waals surface area contributed by atoms with Gasteiger partial charge in [-0.15, -0.1) is 0 Å². The van der Waals surface area contributed by atoms with Crippen molar-refractivity contribution in [2.75, 3.05) is 4.72 Å². The zero-order valence-corrected chi connectivity index (χ0v) is 12.1. The van der Waals surface area contributed by atoms with Crippen LogP contribution in [0.4, 0.5) is 10.2 Å².